The monoisotopic (exact) mass is 286 g/mol. The van der Waals surface area contributed by atoms with Gasteiger partial charge in [-0.3, -0.25) is 0 Å². The number of pyridine rings is 1. The van der Waals surface area contributed by atoms with Crippen molar-refractivity contribution in [2.24, 2.45) is 0 Å². The van der Waals surface area contributed by atoms with Gasteiger partial charge in [0.1, 0.15) is 11.8 Å². The molecule has 0 unspecified atom stereocenters. The number of aromatic nitrogens is 5. The minimum Gasteiger partial charge on any atom is -0.246 e. The summed E-state index contributed by atoms with van der Waals surface area (Å²) in [6.07, 6.45) is 6.49. The van der Waals surface area contributed by atoms with E-state index >= 15 is 0 Å². The van der Waals surface area contributed by atoms with Crippen molar-refractivity contribution in [3.63, 3.8) is 0 Å². The van der Waals surface area contributed by atoms with Crippen molar-refractivity contribution in [3.8, 4) is 6.07 Å². The van der Waals surface area contributed by atoms with Gasteiger partial charge < -0.3 is 0 Å². The first-order chi connectivity index (χ1) is 9.86. The van der Waals surface area contributed by atoms with Crippen LogP contribution in [-0.4, -0.2) is 25.2 Å². The second-order valence-electron chi connectivity index (χ2n) is 4.79. The largest absolute Gasteiger partial charge is 0.246 e. The maximum absolute atomic E-state index is 8.85. The summed E-state index contributed by atoms with van der Waals surface area (Å²) in [5, 5.41) is 21.7. The van der Waals surface area contributed by atoms with Crippen LogP contribution in [0, 0.1) is 11.3 Å². The van der Waals surface area contributed by atoms with Crippen LogP contribution in [-0.2, 0) is 5.75 Å². The molecule has 1 aliphatic carbocycles. The number of nitrogens with zero attached hydrogens (tertiary/aromatic N) is 6. The van der Waals surface area contributed by atoms with Gasteiger partial charge in [-0.05, 0) is 41.0 Å². The van der Waals surface area contributed by atoms with Crippen LogP contribution in [0.4, 0.5) is 0 Å². The summed E-state index contributed by atoms with van der Waals surface area (Å²) in [5.74, 6) is 0.740. The van der Waals surface area contributed by atoms with E-state index in [2.05, 4.69) is 26.6 Å². The van der Waals surface area contributed by atoms with Crippen LogP contribution in [0.25, 0.3) is 0 Å². The Hall–Kier alpha value is -1.94. The second-order valence-corrected chi connectivity index (χ2v) is 5.74. The first kappa shape index (κ1) is 13.1. The molecule has 0 bridgehead atoms. The maximum atomic E-state index is 8.85. The molecule has 0 amide bonds. The number of hydrogen-bond acceptors (Lipinski definition) is 6. The summed E-state index contributed by atoms with van der Waals surface area (Å²) in [7, 11) is 0. The molecule has 0 N–H and O–H groups in total. The maximum Gasteiger partial charge on any atom is 0.209 e. The van der Waals surface area contributed by atoms with Crippen LogP contribution < -0.4 is 0 Å². The molecule has 3 rings (SSSR count). The van der Waals surface area contributed by atoms with Crippen LogP contribution in [0.1, 0.15) is 43.0 Å². The number of thioether (sulfide) groups is 1. The number of rotatable bonds is 4. The molecule has 0 spiro atoms. The number of tetrazole rings is 1. The smallest absolute Gasteiger partial charge is 0.209 e. The van der Waals surface area contributed by atoms with Gasteiger partial charge in [-0.1, -0.05) is 24.6 Å². The summed E-state index contributed by atoms with van der Waals surface area (Å²) in [5.41, 5.74) is 1.50. The Labute approximate surface area is 121 Å². The molecule has 6 nitrogen and oxygen atoms in total. The molecular weight excluding hydrogens is 272 g/mol. The molecule has 0 aliphatic heterocycles. The fraction of sp³-hybridized carbons (Fsp3) is 0.462. The van der Waals surface area contributed by atoms with Gasteiger partial charge in [0.2, 0.25) is 5.16 Å². The van der Waals surface area contributed by atoms with Crippen molar-refractivity contribution in [3.05, 3.63) is 29.6 Å². The predicted octanol–water partition coefficient (Wildman–Crippen LogP) is 2.35. The lowest BCUT2D eigenvalue weighted by molar-refractivity contribution is 0.423. The summed E-state index contributed by atoms with van der Waals surface area (Å²) in [4.78, 5) is 3.97. The minimum absolute atomic E-state index is 0.443. The van der Waals surface area contributed by atoms with Crippen LogP contribution in [0.2, 0.25) is 0 Å². The van der Waals surface area contributed by atoms with E-state index in [1.54, 1.807) is 24.0 Å². The van der Waals surface area contributed by atoms with Gasteiger partial charge >= 0.3 is 0 Å². The lowest BCUT2D eigenvalue weighted by Gasteiger charge is -2.10. The van der Waals surface area contributed by atoms with Crippen molar-refractivity contribution >= 4 is 11.8 Å². The second kappa shape index (κ2) is 6.01. The molecule has 0 radical (unpaired) electrons. The zero-order valence-electron chi connectivity index (χ0n) is 10.9. The van der Waals surface area contributed by atoms with Crippen molar-refractivity contribution < 1.29 is 0 Å². The van der Waals surface area contributed by atoms with E-state index in [0.717, 1.165) is 29.3 Å². The van der Waals surface area contributed by atoms with E-state index in [4.69, 9.17) is 5.26 Å². The Bertz CT molecular complexity index is 626. The van der Waals surface area contributed by atoms with E-state index in [0.29, 0.717) is 11.7 Å². The Morgan fingerprint density at radius 3 is 3.05 bits per heavy atom. The van der Waals surface area contributed by atoms with Crippen molar-refractivity contribution in [2.45, 2.75) is 42.6 Å². The van der Waals surface area contributed by atoms with Gasteiger partial charge in [0.05, 0.1) is 6.04 Å². The topological polar surface area (TPSA) is 80.3 Å². The molecule has 2 aromatic rings. The highest BCUT2D eigenvalue weighted by Crippen LogP contribution is 2.32. The van der Waals surface area contributed by atoms with Crippen LogP contribution in [0.3, 0.4) is 0 Å². The predicted molar refractivity (Wildman–Crippen MR) is 73.8 cm³/mol. The van der Waals surface area contributed by atoms with Gasteiger partial charge in [-0.2, -0.15) is 5.26 Å². The normalized spacial score (nSPS) is 15.3. The summed E-state index contributed by atoms with van der Waals surface area (Å²) in [6, 6.07) is 6.21. The molecule has 2 heterocycles. The quantitative estimate of drug-likeness (QED) is 0.803. The third-order valence-corrected chi connectivity index (χ3v) is 4.44. The third kappa shape index (κ3) is 2.80. The van der Waals surface area contributed by atoms with E-state index in [9.17, 15) is 0 Å². The summed E-state index contributed by atoms with van der Waals surface area (Å²) >= 11 is 1.60. The fourth-order valence-corrected chi connectivity index (χ4v) is 3.32. The Morgan fingerprint density at radius 1 is 1.40 bits per heavy atom. The fourth-order valence-electron chi connectivity index (χ4n) is 2.43. The highest BCUT2D eigenvalue weighted by atomic mass is 32.2. The van der Waals surface area contributed by atoms with E-state index in [1.165, 1.54) is 12.8 Å². The van der Waals surface area contributed by atoms with Gasteiger partial charge in [0.15, 0.2) is 0 Å². The first-order valence-corrected chi connectivity index (χ1v) is 7.61. The number of hydrogen-bond donors (Lipinski definition) is 0. The van der Waals surface area contributed by atoms with Crippen LogP contribution in [0.15, 0.2) is 23.5 Å². The van der Waals surface area contributed by atoms with Crippen molar-refractivity contribution in [1.82, 2.24) is 25.2 Å². The van der Waals surface area contributed by atoms with E-state index in [-0.39, 0.29) is 0 Å². The van der Waals surface area contributed by atoms with Crippen molar-refractivity contribution in [1.29, 1.82) is 5.26 Å². The lowest BCUT2D eigenvalue weighted by Crippen LogP contribution is -2.08. The summed E-state index contributed by atoms with van der Waals surface area (Å²) in [6.45, 7) is 0. The molecule has 1 fully saturated rings. The molecular formula is C13H14N6S. The van der Waals surface area contributed by atoms with Gasteiger partial charge in [0, 0.05) is 11.9 Å². The van der Waals surface area contributed by atoms with Gasteiger partial charge in [0.25, 0.3) is 0 Å². The molecule has 102 valence electrons. The molecule has 1 saturated carbocycles. The van der Waals surface area contributed by atoms with Gasteiger partial charge in [-0.15, -0.1) is 5.10 Å². The third-order valence-electron chi connectivity index (χ3n) is 3.44. The van der Waals surface area contributed by atoms with Crippen LogP contribution >= 0.6 is 11.8 Å². The Kier molecular flexibility index (Phi) is 3.92. The highest BCUT2D eigenvalue weighted by Gasteiger charge is 2.21. The van der Waals surface area contributed by atoms with E-state index < -0.39 is 0 Å². The molecule has 20 heavy (non-hydrogen) atoms. The average Bonchev–Trinajstić information content (AvgIpc) is 3.16. The first-order valence-electron chi connectivity index (χ1n) is 6.62. The van der Waals surface area contributed by atoms with E-state index in [1.807, 2.05) is 10.7 Å². The molecule has 0 atom stereocenters. The molecule has 0 saturated heterocycles. The zero-order chi connectivity index (χ0) is 13.8. The zero-order valence-corrected chi connectivity index (χ0v) is 11.8. The summed E-state index contributed by atoms with van der Waals surface area (Å²) < 4.78 is 1.95. The minimum atomic E-state index is 0.443. The molecule has 7 heteroatoms. The Morgan fingerprint density at radius 2 is 2.25 bits per heavy atom. The SMILES string of the molecule is N#Cc1cc(CSc2nnnn2C2CCCC2)ccn1. The molecule has 2 aromatic heterocycles. The van der Waals surface area contributed by atoms with Gasteiger partial charge in [-0.25, -0.2) is 9.67 Å². The lowest BCUT2D eigenvalue weighted by atomic mass is 10.2. The Balaban J connectivity index is 1.69. The van der Waals surface area contributed by atoms with Crippen LogP contribution in [0.5, 0.6) is 0 Å². The molecule has 1 aliphatic rings. The average molecular weight is 286 g/mol. The number of nitriles is 1. The molecule has 0 aromatic carbocycles. The van der Waals surface area contributed by atoms with Crippen molar-refractivity contribution in [2.75, 3.05) is 0 Å². The standard InChI is InChI=1S/C13H14N6S/c14-8-11-7-10(5-6-15-11)9-20-13-16-17-18-19(13)12-3-1-2-4-12/h5-7,12H,1-4,9H2. The highest BCUT2D eigenvalue weighted by molar-refractivity contribution is 7.98.